The van der Waals surface area contributed by atoms with E-state index in [1.165, 1.54) is 0 Å². The Hall–Kier alpha value is -7.41. The van der Waals surface area contributed by atoms with Gasteiger partial charge in [-0.1, -0.05) is 73.5 Å². The third-order valence-corrected chi connectivity index (χ3v) is 11.6. The fourth-order valence-electron chi connectivity index (χ4n) is 7.12. The molecule has 73 heavy (non-hydrogen) atoms. The molecule has 24 nitrogen and oxygen atoms in total. The second-order valence-corrected chi connectivity index (χ2v) is 17.3. The molecule has 0 saturated carbocycles. The highest BCUT2D eigenvalue weighted by Gasteiger charge is 2.32. The average molecular weight is 1040 g/mol. The molecule has 7 atom stereocenters. The number of Topliss-reactive ketones (excluding diaryl/α,β-unsaturated/α-hetero) is 2. The van der Waals surface area contributed by atoms with Crippen molar-refractivity contribution in [3.05, 3.63) is 71.8 Å². The van der Waals surface area contributed by atoms with Crippen molar-refractivity contribution in [1.82, 2.24) is 31.9 Å². The number of carboxylic acid groups (broad SMARTS) is 4. The van der Waals surface area contributed by atoms with Gasteiger partial charge < -0.3 is 62.8 Å². The Labute approximate surface area is 426 Å². The van der Waals surface area contributed by atoms with Crippen molar-refractivity contribution >= 4 is 84.2 Å². The van der Waals surface area contributed by atoms with E-state index in [1.54, 1.807) is 60.7 Å². The van der Waals surface area contributed by atoms with Gasteiger partial charge in [0, 0.05) is 56.9 Å². The summed E-state index contributed by atoms with van der Waals surface area (Å²) in [5.41, 5.74) is 7.48. The van der Waals surface area contributed by atoms with Gasteiger partial charge in [-0.25, -0.2) is 9.59 Å². The molecule has 400 valence electrons. The summed E-state index contributed by atoms with van der Waals surface area (Å²) in [5.74, 6) is -11.8. The van der Waals surface area contributed by atoms with E-state index in [4.69, 9.17) is 10.8 Å². The summed E-state index contributed by atoms with van der Waals surface area (Å²) < 4.78 is 4.61. The predicted octanol–water partition coefficient (Wildman–Crippen LogP) is 0.488. The Bertz CT molecular complexity index is 2190. The molecule has 0 aliphatic heterocycles. The van der Waals surface area contributed by atoms with Crippen LogP contribution in [0.3, 0.4) is 0 Å². The van der Waals surface area contributed by atoms with Crippen molar-refractivity contribution in [2.45, 2.75) is 120 Å². The first-order valence-corrected chi connectivity index (χ1v) is 24.0. The molecule has 0 aliphatic carbocycles. The molecule has 12 N–H and O–H groups in total. The van der Waals surface area contributed by atoms with E-state index in [2.05, 4.69) is 49.3 Å². The molecule has 0 saturated heterocycles. The third kappa shape index (κ3) is 26.0. The molecule has 0 fully saturated rings. The van der Waals surface area contributed by atoms with Gasteiger partial charge in [0.15, 0.2) is 17.8 Å². The van der Waals surface area contributed by atoms with E-state index >= 15 is 0 Å². The van der Waals surface area contributed by atoms with Gasteiger partial charge in [0.1, 0.15) is 12.1 Å². The van der Waals surface area contributed by atoms with Gasteiger partial charge in [-0.05, 0) is 43.2 Å². The van der Waals surface area contributed by atoms with Gasteiger partial charge in [-0.15, -0.1) is 0 Å². The highest BCUT2D eigenvalue weighted by atomic mass is 32.1. The standard InChI is InChI=1S/C48H65N7O17S/c49-33(45(66)53-36(25-43(63)64)38(58)24-32(27-73)46(67)68)26-51-44(65)31(21-29-11-5-3-6-12-29)23-37(57)35(22-30-13-7-4-8-14-30)52-40(60)15-9-1-2-10-20-50-39(59)17-16-34(47(69)70)54-48(71)55-41(72-28-56)18-19-42(61)62/h3-8,11-14,28,31-36,41,73H,1-2,9-10,15-27,49H2,(H,50,59)(H,51,65)(H,52,60)(H,53,66)(H,61,62)(H,63,64)(H,67,68)(H,69,70)(H2,54,55,71)/t31-,32?,33+,34+,35+,36?,41-/m1/s1. The number of carbonyl (C=O) groups is 12. The maximum Gasteiger partial charge on any atom is 0.326 e. The summed E-state index contributed by atoms with van der Waals surface area (Å²) >= 11 is 3.91. The number of unbranched alkanes of at least 4 members (excludes halogenated alkanes) is 3. The molecular weight excluding hydrogens is 979 g/mol. The van der Waals surface area contributed by atoms with E-state index in [-0.39, 0.29) is 63.7 Å². The van der Waals surface area contributed by atoms with Gasteiger partial charge in [0.25, 0.3) is 6.47 Å². The van der Waals surface area contributed by atoms with E-state index in [1.807, 2.05) is 0 Å². The fraction of sp³-hybridized carbons (Fsp3) is 0.500. The number of carbonyl (C=O) groups excluding carboxylic acids is 8. The summed E-state index contributed by atoms with van der Waals surface area (Å²) in [4.78, 5) is 148. The summed E-state index contributed by atoms with van der Waals surface area (Å²) in [5, 5.41) is 51.5. The number of amides is 6. The van der Waals surface area contributed by atoms with Gasteiger partial charge in [-0.2, -0.15) is 12.6 Å². The lowest BCUT2D eigenvalue weighted by molar-refractivity contribution is -0.144. The van der Waals surface area contributed by atoms with E-state index < -0.39 is 133 Å². The summed E-state index contributed by atoms with van der Waals surface area (Å²) in [6.07, 6.45) is -2.06. The molecule has 0 bridgehead atoms. The van der Waals surface area contributed by atoms with Crippen LogP contribution in [0.4, 0.5) is 4.79 Å². The lowest BCUT2D eigenvalue weighted by atomic mass is 9.89. The summed E-state index contributed by atoms with van der Waals surface area (Å²) in [7, 11) is 0. The number of thiol groups is 1. The van der Waals surface area contributed by atoms with Crippen molar-refractivity contribution in [2.24, 2.45) is 17.6 Å². The highest BCUT2D eigenvalue weighted by Crippen LogP contribution is 2.17. The lowest BCUT2D eigenvalue weighted by Crippen LogP contribution is -2.53. The Morgan fingerprint density at radius 2 is 1.18 bits per heavy atom. The number of nitrogens with two attached hydrogens (primary N) is 1. The number of urea groups is 1. The van der Waals surface area contributed by atoms with Crippen LogP contribution >= 0.6 is 12.6 Å². The van der Waals surface area contributed by atoms with Crippen LogP contribution in [0.5, 0.6) is 0 Å². The monoisotopic (exact) mass is 1040 g/mol. The van der Waals surface area contributed by atoms with Crippen LogP contribution in [-0.4, -0.2) is 141 Å². The third-order valence-electron chi connectivity index (χ3n) is 11.1. The first kappa shape index (κ1) is 61.7. The maximum absolute atomic E-state index is 14.1. The Morgan fingerprint density at radius 1 is 0.575 bits per heavy atom. The number of benzene rings is 2. The molecular formula is C48H65N7O17S. The molecule has 6 amide bonds. The van der Waals surface area contributed by atoms with Crippen LogP contribution in [0, 0.1) is 11.8 Å². The molecule has 0 radical (unpaired) electrons. The number of ether oxygens (including phenoxy) is 1. The Balaban J connectivity index is 1.98. The fourth-order valence-corrected chi connectivity index (χ4v) is 7.40. The second kappa shape index (κ2) is 34.0. The molecule has 2 rings (SSSR count). The van der Waals surface area contributed by atoms with Gasteiger partial charge in [0.2, 0.25) is 23.6 Å². The van der Waals surface area contributed by atoms with Crippen LogP contribution in [-0.2, 0) is 70.3 Å². The van der Waals surface area contributed by atoms with Crippen molar-refractivity contribution in [3.63, 3.8) is 0 Å². The SMILES string of the molecule is N[C@@H](CNC(=O)[C@@H](CC(=O)[C@H](Cc1ccccc1)NC(=O)CCCCCCNC(=O)CC[C@H](NC(=O)N[C@@H](CCC(=O)O)OC=O)C(=O)O)Cc1ccccc1)C(=O)NC(CC(=O)O)C(=O)CC(CS)C(=O)O. The minimum Gasteiger partial charge on any atom is -0.481 e. The zero-order valence-corrected chi connectivity index (χ0v) is 40.9. The number of rotatable bonds is 38. The first-order valence-electron chi connectivity index (χ1n) is 23.4. The highest BCUT2D eigenvalue weighted by molar-refractivity contribution is 7.80. The van der Waals surface area contributed by atoms with Crippen molar-refractivity contribution in [2.75, 3.05) is 18.8 Å². The van der Waals surface area contributed by atoms with Gasteiger partial charge in [0.05, 0.1) is 30.8 Å². The zero-order chi connectivity index (χ0) is 54.3. The Kier molecular flexibility index (Phi) is 28.8. The van der Waals surface area contributed by atoms with Crippen LogP contribution in [0.2, 0.25) is 0 Å². The molecule has 2 aromatic rings. The number of hydrogen-bond donors (Lipinski definition) is 12. The largest absolute Gasteiger partial charge is 0.481 e. The maximum atomic E-state index is 14.1. The summed E-state index contributed by atoms with van der Waals surface area (Å²) in [6, 6.07) is 11.0. The molecule has 2 unspecified atom stereocenters. The van der Waals surface area contributed by atoms with Gasteiger partial charge in [-0.3, -0.25) is 47.9 Å². The molecule has 0 aromatic heterocycles. The van der Waals surface area contributed by atoms with Crippen LogP contribution in [0.1, 0.15) is 88.2 Å². The van der Waals surface area contributed by atoms with Crippen molar-refractivity contribution in [1.29, 1.82) is 0 Å². The quantitative estimate of drug-likeness (QED) is 0.0188. The molecule has 25 heteroatoms. The van der Waals surface area contributed by atoms with E-state index in [9.17, 15) is 72.9 Å². The second-order valence-electron chi connectivity index (χ2n) is 17.0. The molecule has 0 heterocycles. The van der Waals surface area contributed by atoms with Crippen molar-refractivity contribution in [3.8, 4) is 0 Å². The minimum atomic E-state index is -1.61. The number of ketones is 2. The molecule has 0 spiro atoms. The number of hydrogen-bond acceptors (Lipinski definition) is 15. The smallest absolute Gasteiger partial charge is 0.326 e. The summed E-state index contributed by atoms with van der Waals surface area (Å²) in [6.45, 7) is -0.254. The van der Waals surface area contributed by atoms with Crippen LogP contribution < -0.4 is 37.6 Å². The topological polar surface area (TPSA) is 393 Å². The lowest BCUT2D eigenvalue weighted by Gasteiger charge is -2.23. The number of carboxylic acids is 4. The predicted molar refractivity (Wildman–Crippen MR) is 261 cm³/mol. The van der Waals surface area contributed by atoms with Crippen LogP contribution in [0.15, 0.2) is 60.7 Å². The zero-order valence-electron chi connectivity index (χ0n) is 40.0. The average Bonchev–Trinajstić information content (AvgIpc) is 3.34. The van der Waals surface area contributed by atoms with E-state index in [0.717, 1.165) is 5.56 Å². The normalized spacial score (nSPS) is 13.7. The van der Waals surface area contributed by atoms with Crippen LogP contribution in [0.25, 0.3) is 0 Å². The Morgan fingerprint density at radius 3 is 1.75 bits per heavy atom. The van der Waals surface area contributed by atoms with Crippen molar-refractivity contribution < 1.29 is 82.7 Å². The molecule has 0 aliphatic rings. The van der Waals surface area contributed by atoms with E-state index in [0.29, 0.717) is 31.2 Å². The number of nitrogens with one attached hydrogen (secondary N) is 6. The first-order chi connectivity index (χ1) is 34.7. The van der Waals surface area contributed by atoms with Gasteiger partial charge >= 0.3 is 29.9 Å². The molecule has 2 aromatic carbocycles. The number of aliphatic carboxylic acids is 4. The minimum absolute atomic E-state index is 0.000102.